The highest BCUT2D eigenvalue weighted by atomic mass is 32.2. The van der Waals surface area contributed by atoms with E-state index in [2.05, 4.69) is 184 Å². The van der Waals surface area contributed by atoms with Gasteiger partial charge in [0.1, 0.15) is 0 Å². The van der Waals surface area contributed by atoms with Crippen molar-refractivity contribution in [2.45, 2.75) is 16.7 Å². The SMILES string of the molecule is C1=CCC(C2Nc3c(ccc4ccc5cc(-n6c7ccccc7c7cc8c9c%10ccccc%10ccc9n(-c9ccccc9)c8cc76)ccc5c34)S2)C=C1. The number of hydrogen-bond donors (Lipinski definition) is 1. The number of nitrogens with one attached hydrogen (secondary N) is 1. The molecule has 2 unspecified atom stereocenters. The van der Waals surface area contributed by atoms with E-state index in [-0.39, 0.29) is 0 Å². The van der Waals surface area contributed by atoms with Crippen LogP contribution in [0.5, 0.6) is 0 Å². The molecule has 0 radical (unpaired) electrons. The molecule has 0 saturated carbocycles. The third-order valence-electron chi connectivity index (χ3n) is 11.6. The van der Waals surface area contributed by atoms with Gasteiger partial charge in [0.25, 0.3) is 0 Å². The van der Waals surface area contributed by atoms with Crippen LogP contribution in [-0.4, -0.2) is 14.5 Å². The van der Waals surface area contributed by atoms with Crippen LogP contribution in [0.15, 0.2) is 175 Å². The van der Waals surface area contributed by atoms with Crippen LogP contribution in [0.4, 0.5) is 5.69 Å². The maximum absolute atomic E-state index is 3.96. The second kappa shape index (κ2) is 11.1. The predicted octanol–water partition coefficient (Wildman–Crippen LogP) is 13.3. The Hall–Kier alpha value is -6.23. The minimum Gasteiger partial charge on any atom is -0.371 e. The molecular formula is C49H33N3S. The zero-order valence-electron chi connectivity index (χ0n) is 28.8. The van der Waals surface area contributed by atoms with Gasteiger partial charge in [0.05, 0.1) is 33.1 Å². The van der Waals surface area contributed by atoms with Crippen molar-refractivity contribution in [3.63, 3.8) is 0 Å². The zero-order chi connectivity index (χ0) is 34.6. The number of hydrogen-bond acceptors (Lipinski definition) is 2. The number of anilines is 1. The van der Waals surface area contributed by atoms with Gasteiger partial charge >= 0.3 is 0 Å². The lowest BCUT2D eigenvalue weighted by atomic mass is 9.98. The lowest BCUT2D eigenvalue weighted by Gasteiger charge is -2.20. The van der Waals surface area contributed by atoms with Crippen LogP contribution in [0.2, 0.25) is 0 Å². The Morgan fingerprint density at radius 1 is 0.491 bits per heavy atom. The summed E-state index contributed by atoms with van der Waals surface area (Å²) < 4.78 is 4.92. The van der Waals surface area contributed by atoms with Crippen LogP contribution in [0.25, 0.3) is 87.3 Å². The molecule has 0 spiro atoms. The van der Waals surface area contributed by atoms with Crippen LogP contribution in [0.3, 0.4) is 0 Å². The van der Waals surface area contributed by atoms with E-state index < -0.39 is 0 Å². The van der Waals surface area contributed by atoms with Gasteiger partial charge in [-0.2, -0.15) is 0 Å². The van der Waals surface area contributed by atoms with Gasteiger partial charge in [0, 0.05) is 49.1 Å². The summed E-state index contributed by atoms with van der Waals surface area (Å²) in [5.41, 5.74) is 8.47. The number of allylic oxidation sites excluding steroid dienone is 3. The molecule has 0 bridgehead atoms. The quantitative estimate of drug-likeness (QED) is 0.186. The Labute approximate surface area is 310 Å². The molecule has 1 aliphatic heterocycles. The van der Waals surface area contributed by atoms with Gasteiger partial charge in [-0.15, -0.1) is 0 Å². The second-order valence-corrected chi connectivity index (χ2v) is 15.7. The van der Waals surface area contributed by atoms with Crippen molar-refractivity contribution >= 4 is 93.4 Å². The Kier molecular flexibility index (Phi) is 6.17. The number of aromatic nitrogens is 2. The molecule has 12 rings (SSSR count). The van der Waals surface area contributed by atoms with Gasteiger partial charge in [0.15, 0.2) is 0 Å². The minimum atomic E-state index is 0.338. The molecule has 2 aliphatic rings. The lowest BCUT2D eigenvalue weighted by Crippen LogP contribution is -2.21. The first-order chi connectivity index (χ1) is 26.3. The van der Waals surface area contributed by atoms with Gasteiger partial charge in [-0.3, -0.25) is 0 Å². The first-order valence-electron chi connectivity index (χ1n) is 18.5. The molecule has 53 heavy (non-hydrogen) atoms. The Bertz CT molecular complexity index is 3220. The third kappa shape index (κ3) is 4.24. The smallest absolute Gasteiger partial charge is 0.0836 e. The lowest BCUT2D eigenvalue weighted by molar-refractivity contribution is 0.662. The summed E-state index contributed by atoms with van der Waals surface area (Å²) >= 11 is 1.97. The fourth-order valence-corrected chi connectivity index (χ4v) is 10.5. The Morgan fingerprint density at radius 3 is 2.15 bits per heavy atom. The second-order valence-electron chi connectivity index (χ2n) is 14.5. The fraction of sp³-hybridized carbons (Fsp3) is 0.0612. The maximum Gasteiger partial charge on any atom is 0.0836 e. The summed E-state index contributed by atoms with van der Waals surface area (Å²) in [6, 6.07) is 54.2. The first-order valence-corrected chi connectivity index (χ1v) is 19.4. The van der Waals surface area contributed by atoms with Gasteiger partial charge in [-0.1, -0.05) is 127 Å². The van der Waals surface area contributed by atoms with Crippen LogP contribution >= 0.6 is 11.8 Å². The highest BCUT2D eigenvalue weighted by Gasteiger charge is 2.29. The minimum absolute atomic E-state index is 0.338. The fourth-order valence-electron chi connectivity index (χ4n) is 9.21. The summed E-state index contributed by atoms with van der Waals surface area (Å²) in [7, 11) is 0. The van der Waals surface area contributed by atoms with E-state index in [1.54, 1.807) is 0 Å². The van der Waals surface area contributed by atoms with Crippen LogP contribution in [0.1, 0.15) is 6.42 Å². The van der Waals surface area contributed by atoms with Gasteiger partial charge in [-0.25, -0.2) is 0 Å². The van der Waals surface area contributed by atoms with E-state index >= 15 is 0 Å². The van der Waals surface area contributed by atoms with E-state index in [1.165, 1.54) is 97.9 Å². The summed E-state index contributed by atoms with van der Waals surface area (Å²) in [6.45, 7) is 0. The van der Waals surface area contributed by atoms with Gasteiger partial charge in [0.2, 0.25) is 0 Å². The number of rotatable bonds is 3. The molecule has 3 heterocycles. The van der Waals surface area contributed by atoms with Crippen LogP contribution < -0.4 is 5.32 Å². The molecule has 2 aromatic heterocycles. The molecule has 10 aromatic rings. The van der Waals surface area contributed by atoms with Gasteiger partial charge in [-0.05, 0) is 87.9 Å². The average molecular weight is 696 g/mol. The molecular weight excluding hydrogens is 663 g/mol. The molecule has 1 aliphatic carbocycles. The molecule has 0 fully saturated rings. The van der Waals surface area contributed by atoms with Crippen LogP contribution in [0, 0.1) is 5.92 Å². The normalized spacial score (nSPS) is 16.9. The molecule has 3 nitrogen and oxygen atoms in total. The highest BCUT2D eigenvalue weighted by molar-refractivity contribution is 8.00. The first kappa shape index (κ1) is 29.4. The van der Waals surface area contributed by atoms with E-state index in [1.807, 2.05) is 11.8 Å². The molecule has 1 N–H and O–H groups in total. The summed E-state index contributed by atoms with van der Waals surface area (Å²) in [4.78, 5) is 1.34. The molecule has 0 amide bonds. The van der Waals surface area contributed by atoms with E-state index in [0.29, 0.717) is 11.3 Å². The average Bonchev–Trinajstić information content (AvgIpc) is 3.90. The van der Waals surface area contributed by atoms with E-state index in [0.717, 1.165) is 6.42 Å². The molecule has 250 valence electrons. The highest BCUT2D eigenvalue weighted by Crippen LogP contribution is 2.48. The van der Waals surface area contributed by atoms with Crippen molar-refractivity contribution in [2.75, 3.05) is 5.32 Å². The zero-order valence-corrected chi connectivity index (χ0v) is 29.6. The van der Waals surface area contributed by atoms with Crippen molar-refractivity contribution in [1.29, 1.82) is 0 Å². The number of thioether (sulfide) groups is 1. The number of benzene rings is 8. The number of fused-ring (bicyclic) bond motifs is 13. The predicted molar refractivity (Wildman–Crippen MR) is 227 cm³/mol. The van der Waals surface area contributed by atoms with Crippen molar-refractivity contribution in [1.82, 2.24) is 9.13 Å². The number of nitrogens with zero attached hydrogens (tertiary/aromatic N) is 2. The summed E-state index contributed by atoms with van der Waals surface area (Å²) in [6.07, 6.45) is 10.1. The van der Waals surface area contributed by atoms with E-state index in [4.69, 9.17) is 0 Å². The van der Waals surface area contributed by atoms with Gasteiger partial charge < -0.3 is 14.5 Å². The Balaban J connectivity index is 1.11. The third-order valence-corrected chi connectivity index (χ3v) is 12.9. The topological polar surface area (TPSA) is 21.9 Å². The standard InChI is InChI=1S/C49H33N3S/c1-3-12-32(13-4-1)49-50-48-45(53-49)26-22-31-19-20-33-27-35(23-24-37(33)46(31)48)52-41-18-10-9-17-38(41)39-28-40-44(29-43(39)52)51(34-14-5-2-6-15-34)42-25-21-30-11-7-8-16-36(30)47(40)42/h1-12,14-29,32,49-50H,13H2. The maximum atomic E-state index is 3.96. The number of para-hydroxylation sites is 2. The van der Waals surface area contributed by atoms with Crippen molar-refractivity contribution in [3.8, 4) is 11.4 Å². The largest absolute Gasteiger partial charge is 0.371 e. The Morgan fingerprint density at radius 2 is 1.25 bits per heavy atom. The van der Waals surface area contributed by atoms with Crippen LogP contribution in [-0.2, 0) is 0 Å². The van der Waals surface area contributed by atoms with Crippen molar-refractivity contribution in [3.05, 3.63) is 170 Å². The van der Waals surface area contributed by atoms with Crippen molar-refractivity contribution in [2.24, 2.45) is 5.92 Å². The summed E-state index contributed by atoms with van der Waals surface area (Å²) in [5.74, 6) is 0.482. The monoisotopic (exact) mass is 695 g/mol. The molecule has 4 heteroatoms. The molecule has 0 saturated heterocycles. The molecule has 2 atom stereocenters. The summed E-state index contributed by atoms with van der Waals surface area (Å²) in [5, 5.41) is 17.1. The molecule has 8 aromatic carbocycles. The van der Waals surface area contributed by atoms with E-state index in [9.17, 15) is 0 Å². The van der Waals surface area contributed by atoms with Crippen molar-refractivity contribution < 1.29 is 0 Å².